The van der Waals surface area contributed by atoms with E-state index in [2.05, 4.69) is 5.32 Å². The lowest BCUT2D eigenvalue weighted by atomic mass is 10.2. The lowest BCUT2D eigenvalue weighted by Gasteiger charge is -2.19. The largest absolute Gasteiger partial charge is 0.490 e. The number of alkyl halides is 3. The summed E-state index contributed by atoms with van der Waals surface area (Å²) in [5.41, 5.74) is 0.207. The van der Waals surface area contributed by atoms with Crippen LogP contribution in [-0.2, 0) is 4.79 Å². The zero-order valence-electron chi connectivity index (χ0n) is 12.1. The summed E-state index contributed by atoms with van der Waals surface area (Å²) in [7, 11) is 1.27. The maximum Gasteiger partial charge on any atom is 0.406 e. The van der Waals surface area contributed by atoms with Crippen molar-refractivity contribution < 1.29 is 27.6 Å². The third kappa shape index (κ3) is 4.24. The van der Waals surface area contributed by atoms with E-state index in [1.807, 2.05) is 0 Å². The van der Waals surface area contributed by atoms with Crippen molar-refractivity contribution in [2.45, 2.75) is 18.6 Å². The molecule has 1 N–H and O–H groups in total. The van der Waals surface area contributed by atoms with Crippen LogP contribution in [0.3, 0.4) is 0 Å². The molecule has 0 spiro atoms. The van der Waals surface area contributed by atoms with Crippen LogP contribution in [0.4, 0.5) is 24.5 Å². The van der Waals surface area contributed by atoms with E-state index in [1.165, 1.54) is 25.3 Å². The third-order valence-corrected chi connectivity index (χ3v) is 3.33. The zero-order chi connectivity index (χ0) is 17.2. The third-order valence-electron chi connectivity index (χ3n) is 3.33. The van der Waals surface area contributed by atoms with Gasteiger partial charge < -0.3 is 15.0 Å². The fraction of sp³-hybridized carbons (Fsp3) is 0.462. The van der Waals surface area contributed by atoms with Crippen LogP contribution >= 0.6 is 0 Å². The van der Waals surface area contributed by atoms with Crippen molar-refractivity contribution >= 4 is 17.3 Å². The van der Waals surface area contributed by atoms with Crippen LogP contribution in [0.15, 0.2) is 18.2 Å². The van der Waals surface area contributed by atoms with Crippen LogP contribution in [0.2, 0.25) is 0 Å². The molecule has 10 heteroatoms. The topological polar surface area (TPSA) is 84.7 Å². The van der Waals surface area contributed by atoms with Crippen molar-refractivity contribution in [3.63, 3.8) is 0 Å². The Morgan fingerprint density at radius 1 is 1.48 bits per heavy atom. The molecule has 1 heterocycles. The highest BCUT2D eigenvalue weighted by molar-refractivity contribution is 5.80. The first-order valence-corrected chi connectivity index (χ1v) is 6.63. The number of halogens is 3. The Morgan fingerprint density at radius 2 is 2.17 bits per heavy atom. The van der Waals surface area contributed by atoms with Gasteiger partial charge in [0.15, 0.2) is 5.75 Å². The molecule has 0 radical (unpaired) electrons. The lowest BCUT2D eigenvalue weighted by Crippen LogP contribution is -2.36. The van der Waals surface area contributed by atoms with E-state index in [1.54, 1.807) is 0 Å². The summed E-state index contributed by atoms with van der Waals surface area (Å²) in [4.78, 5) is 22.5. The Morgan fingerprint density at radius 3 is 2.74 bits per heavy atom. The van der Waals surface area contributed by atoms with Gasteiger partial charge in [-0.05, 0) is 6.07 Å². The molecule has 1 saturated heterocycles. The summed E-state index contributed by atoms with van der Waals surface area (Å²) < 4.78 is 42.0. The molecule has 126 valence electrons. The number of amides is 1. The molecule has 1 aromatic rings. The van der Waals surface area contributed by atoms with E-state index >= 15 is 0 Å². The van der Waals surface area contributed by atoms with Gasteiger partial charge in [0.05, 0.1) is 18.1 Å². The first kappa shape index (κ1) is 16.8. The molecule has 1 amide bonds. The molecule has 7 nitrogen and oxygen atoms in total. The summed E-state index contributed by atoms with van der Waals surface area (Å²) in [6, 6.07) is 3.51. The highest BCUT2D eigenvalue weighted by Gasteiger charge is 2.38. The number of nitro benzene ring substituents is 1. The second-order valence-corrected chi connectivity index (χ2v) is 5.08. The predicted octanol–water partition coefficient (Wildman–Crippen LogP) is 2.18. The van der Waals surface area contributed by atoms with Gasteiger partial charge in [-0.2, -0.15) is 13.2 Å². The van der Waals surface area contributed by atoms with Gasteiger partial charge in [-0.3, -0.25) is 14.9 Å². The number of anilines is 1. The number of hydrogen-bond acceptors (Lipinski definition) is 5. The second kappa shape index (κ2) is 6.31. The van der Waals surface area contributed by atoms with Crippen molar-refractivity contribution in [1.29, 1.82) is 0 Å². The van der Waals surface area contributed by atoms with Crippen molar-refractivity contribution in [2.75, 3.05) is 25.5 Å². The van der Waals surface area contributed by atoms with E-state index in [0.717, 1.165) is 4.90 Å². The van der Waals surface area contributed by atoms with Crippen LogP contribution in [0.5, 0.6) is 5.75 Å². The summed E-state index contributed by atoms with van der Waals surface area (Å²) in [5, 5.41) is 13.7. The molecule has 1 aliphatic rings. The van der Waals surface area contributed by atoms with E-state index in [-0.39, 0.29) is 24.4 Å². The van der Waals surface area contributed by atoms with Gasteiger partial charge in [-0.25, -0.2) is 0 Å². The molecule has 1 atom stereocenters. The molecule has 1 aromatic carbocycles. The van der Waals surface area contributed by atoms with Crippen LogP contribution in [-0.4, -0.2) is 48.1 Å². The fourth-order valence-electron chi connectivity index (χ4n) is 2.39. The van der Waals surface area contributed by atoms with Gasteiger partial charge >= 0.3 is 11.9 Å². The number of carbonyl (C=O) groups excluding carboxylic acids is 1. The number of nitrogens with zero attached hydrogens (tertiary/aromatic N) is 2. The van der Waals surface area contributed by atoms with Crippen LogP contribution in [0.1, 0.15) is 6.42 Å². The Balaban J connectivity index is 2.06. The van der Waals surface area contributed by atoms with Crippen LogP contribution < -0.4 is 10.1 Å². The molecule has 2 rings (SSSR count). The van der Waals surface area contributed by atoms with E-state index in [0.29, 0.717) is 5.69 Å². The highest BCUT2D eigenvalue weighted by Crippen LogP contribution is 2.31. The Bertz CT molecular complexity index is 621. The van der Waals surface area contributed by atoms with Gasteiger partial charge in [-0.1, -0.05) is 0 Å². The summed E-state index contributed by atoms with van der Waals surface area (Å²) in [5.74, 6) is -0.565. The van der Waals surface area contributed by atoms with Crippen molar-refractivity contribution in [1.82, 2.24) is 4.90 Å². The minimum absolute atomic E-state index is 0.0245. The number of carbonyl (C=O) groups is 1. The molecule has 0 unspecified atom stereocenters. The molecule has 1 aliphatic heterocycles. The van der Waals surface area contributed by atoms with Gasteiger partial charge in [0.1, 0.15) is 6.54 Å². The SMILES string of the molecule is COc1cc(N[C@H]2CC(=O)N(CC(F)(F)F)C2)ccc1[N+](=O)[O-]. The van der Waals surface area contributed by atoms with Gasteiger partial charge in [0, 0.05) is 30.8 Å². The molecule has 0 aliphatic carbocycles. The minimum atomic E-state index is -4.44. The zero-order valence-corrected chi connectivity index (χ0v) is 12.1. The van der Waals surface area contributed by atoms with Crippen molar-refractivity contribution in [2.24, 2.45) is 0 Å². The average Bonchev–Trinajstić information content (AvgIpc) is 2.76. The first-order valence-electron chi connectivity index (χ1n) is 6.63. The molecule has 1 fully saturated rings. The molecular formula is C13H14F3N3O4. The minimum Gasteiger partial charge on any atom is -0.490 e. The summed E-state index contributed by atoms with van der Waals surface area (Å²) in [6.45, 7) is -1.37. The molecule has 0 saturated carbocycles. The maximum absolute atomic E-state index is 12.4. The molecule has 23 heavy (non-hydrogen) atoms. The predicted molar refractivity (Wildman–Crippen MR) is 74.3 cm³/mol. The number of likely N-dealkylation sites (tertiary alicyclic amines) is 1. The standard InChI is InChI=1S/C13H14F3N3O4/c1-23-11-4-8(2-3-10(11)19(21)22)17-9-5-12(20)18(6-9)7-13(14,15)16/h2-4,9,17H,5-7H2,1H3/t9-/m0/s1. The molecular weight excluding hydrogens is 319 g/mol. The van der Waals surface area contributed by atoms with E-state index in [9.17, 15) is 28.1 Å². The number of methoxy groups -OCH3 is 1. The number of nitrogens with one attached hydrogen (secondary N) is 1. The maximum atomic E-state index is 12.4. The molecule has 0 bridgehead atoms. The van der Waals surface area contributed by atoms with Crippen molar-refractivity contribution in [3.8, 4) is 5.75 Å². The van der Waals surface area contributed by atoms with Gasteiger partial charge in [0.25, 0.3) is 0 Å². The second-order valence-electron chi connectivity index (χ2n) is 5.08. The Labute approximate surface area is 129 Å². The van der Waals surface area contributed by atoms with E-state index in [4.69, 9.17) is 4.74 Å². The van der Waals surface area contributed by atoms with E-state index < -0.39 is 29.6 Å². The average molecular weight is 333 g/mol. The van der Waals surface area contributed by atoms with Gasteiger partial charge in [0.2, 0.25) is 5.91 Å². The number of ether oxygens (including phenoxy) is 1. The molecule has 0 aromatic heterocycles. The summed E-state index contributed by atoms with van der Waals surface area (Å²) in [6.07, 6.45) is -4.52. The monoisotopic (exact) mass is 333 g/mol. The highest BCUT2D eigenvalue weighted by atomic mass is 19.4. The quantitative estimate of drug-likeness (QED) is 0.659. The van der Waals surface area contributed by atoms with Crippen LogP contribution in [0, 0.1) is 10.1 Å². The normalized spacial score (nSPS) is 18.2. The fourth-order valence-corrected chi connectivity index (χ4v) is 2.39. The van der Waals surface area contributed by atoms with Crippen LogP contribution in [0.25, 0.3) is 0 Å². The van der Waals surface area contributed by atoms with Gasteiger partial charge in [-0.15, -0.1) is 0 Å². The Kier molecular flexibility index (Phi) is 4.62. The summed E-state index contributed by atoms with van der Waals surface area (Å²) >= 11 is 0. The smallest absolute Gasteiger partial charge is 0.406 e. The number of rotatable bonds is 5. The number of hydrogen-bond donors (Lipinski definition) is 1. The lowest BCUT2D eigenvalue weighted by molar-refractivity contribution is -0.385. The Hall–Kier alpha value is -2.52. The first-order chi connectivity index (χ1) is 10.7. The number of benzene rings is 1. The van der Waals surface area contributed by atoms with Crippen molar-refractivity contribution in [3.05, 3.63) is 28.3 Å². The number of nitro groups is 1.